The van der Waals surface area contributed by atoms with E-state index in [0.29, 0.717) is 11.3 Å². The van der Waals surface area contributed by atoms with Crippen molar-refractivity contribution in [2.75, 3.05) is 7.11 Å². The molecule has 2 rings (SSSR count). The highest BCUT2D eigenvalue weighted by atomic mass is 19.1. The highest BCUT2D eigenvalue weighted by molar-refractivity contribution is 5.85. The van der Waals surface area contributed by atoms with Gasteiger partial charge in [0.05, 0.1) is 19.6 Å². The number of hydrogen-bond acceptors (Lipinski definition) is 4. The SMILES string of the molecule is COc1ccc(C(NC(=O)Cc2cccc(OC(C)C)c2)C(=O)O)cc1F. The normalized spacial score (nSPS) is 11.7. The fraction of sp³-hybridized carbons (Fsp3) is 0.300. The fourth-order valence-corrected chi connectivity index (χ4v) is 2.55. The molecule has 0 aliphatic rings. The number of carboxylic acid groups (broad SMARTS) is 1. The van der Waals surface area contributed by atoms with Crippen LogP contribution in [0.3, 0.4) is 0 Å². The lowest BCUT2D eigenvalue weighted by Crippen LogP contribution is -2.34. The summed E-state index contributed by atoms with van der Waals surface area (Å²) in [6.07, 6.45) is -0.0343. The van der Waals surface area contributed by atoms with Crippen LogP contribution in [-0.4, -0.2) is 30.2 Å². The average Bonchev–Trinajstić information content (AvgIpc) is 2.59. The molecule has 0 saturated carbocycles. The Morgan fingerprint density at radius 2 is 1.93 bits per heavy atom. The van der Waals surface area contributed by atoms with Crippen molar-refractivity contribution in [1.29, 1.82) is 0 Å². The van der Waals surface area contributed by atoms with E-state index in [1.165, 1.54) is 19.2 Å². The molecule has 0 radical (unpaired) electrons. The molecule has 27 heavy (non-hydrogen) atoms. The monoisotopic (exact) mass is 375 g/mol. The molecule has 0 aromatic heterocycles. The van der Waals surface area contributed by atoms with Gasteiger partial charge in [0, 0.05) is 0 Å². The van der Waals surface area contributed by atoms with Crippen LogP contribution in [0.15, 0.2) is 42.5 Å². The summed E-state index contributed by atoms with van der Waals surface area (Å²) in [5.74, 6) is -1.86. The van der Waals surface area contributed by atoms with E-state index in [-0.39, 0.29) is 23.8 Å². The van der Waals surface area contributed by atoms with Gasteiger partial charge in [-0.25, -0.2) is 9.18 Å². The highest BCUT2D eigenvalue weighted by Crippen LogP contribution is 2.22. The van der Waals surface area contributed by atoms with Gasteiger partial charge in [-0.05, 0) is 49.2 Å². The van der Waals surface area contributed by atoms with E-state index in [9.17, 15) is 19.1 Å². The van der Waals surface area contributed by atoms with Crippen molar-refractivity contribution in [3.63, 3.8) is 0 Å². The molecule has 0 aliphatic carbocycles. The van der Waals surface area contributed by atoms with Crippen LogP contribution in [-0.2, 0) is 16.0 Å². The molecule has 2 aromatic rings. The molecule has 6 nitrogen and oxygen atoms in total. The number of nitrogens with one attached hydrogen (secondary N) is 1. The number of amides is 1. The topological polar surface area (TPSA) is 84.9 Å². The first-order chi connectivity index (χ1) is 12.8. The van der Waals surface area contributed by atoms with Crippen LogP contribution < -0.4 is 14.8 Å². The first-order valence-corrected chi connectivity index (χ1v) is 8.41. The molecule has 2 N–H and O–H groups in total. The van der Waals surface area contributed by atoms with Crippen LogP contribution in [0, 0.1) is 5.82 Å². The van der Waals surface area contributed by atoms with Crippen molar-refractivity contribution in [3.8, 4) is 11.5 Å². The van der Waals surface area contributed by atoms with E-state index in [4.69, 9.17) is 9.47 Å². The van der Waals surface area contributed by atoms with Crippen molar-refractivity contribution in [2.24, 2.45) is 0 Å². The Hall–Kier alpha value is -3.09. The number of halogens is 1. The lowest BCUT2D eigenvalue weighted by atomic mass is 10.1. The van der Waals surface area contributed by atoms with E-state index in [2.05, 4.69) is 5.32 Å². The molecule has 1 unspecified atom stereocenters. The average molecular weight is 375 g/mol. The van der Waals surface area contributed by atoms with Crippen LogP contribution in [0.1, 0.15) is 31.0 Å². The number of carboxylic acids is 1. The molecule has 2 aromatic carbocycles. The zero-order valence-electron chi connectivity index (χ0n) is 15.4. The van der Waals surface area contributed by atoms with Gasteiger partial charge in [0.1, 0.15) is 5.75 Å². The summed E-state index contributed by atoms with van der Waals surface area (Å²) in [4.78, 5) is 23.8. The number of ether oxygens (including phenoxy) is 2. The van der Waals surface area contributed by atoms with E-state index < -0.39 is 23.7 Å². The molecule has 1 amide bonds. The molecule has 144 valence electrons. The summed E-state index contributed by atoms with van der Waals surface area (Å²) >= 11 is 0. The summed E-state index contributed by atoms with van der Waals surface area (Å²) in [5.41, 5.74) is 0.793. The van der Waals surface area contributed by atoms with E-state index in [1.54, 1.807) is 24.3 Å². The van der Waals surface area contributed by atoms with Crippen LogP contribution in [0.4, 0.5) is 4.39 Å². The molecular formula is C20H22FNO5. The van der Waals surface area contributed by atoms with Gasteiger partial charge in [0.2, 0.25) is 5.91 Å². The minimum absolute atomic E-state index is 0.00353. The molecule has 0 heterocycles. The number of aliphatic carboxylic acids is 1. The van der Waals surface area contributed by atoms with Crippen molar-refractivity contribution >= 4 is 11.9 Å². The van der Waals surface area contributed by atoms with Gasteiger partial charge in [-0.1, -0.05) is 18.2 Å². The minimum atomic E-state index is -1.37. The van der Waals surface area contributed by atoms with Crippen molar-refractivity contribution < 1.29 is 28.6 Å². The van der Waals surface area contributed by atoms with Crippen molar-refractivity contribution in [3.05, 3.63) is 59.4 Å². The van der Waals surface area contributed by atoms with E-state index in [1.807, 2.05) is 13.8 Å². The Kier molecular flexibility index (Phi) is 6.76. The Bertz CT molecular complexity index is 822. The highest BCUT2D eigenvalue weighted by Gasteiger charge is 2.23. The predicted octanol–water partition coefficient (Wildman–Crippen LogP) is 3.11. The Morgan fingerprint density at radius 1 is 1.19 bits per heavy atom. The zero-order valence-corrected chi connectivity index (χ0v) is 15.4. The number of rotatable bonds is 8. The third kappa shape index (κ3) is 5.70. The molecule has 0 aliphatic heterocycles. The maximum atomic E-state index is 13.9. The van der Waals surface area contributed by atoms with E-state index >= 15 is 0 Å². The van der Waals surface area contributed by atoms with Crippen LogP contribution >= 0.6 is 0 Å². The fourth-order valence-electron chi connectivity index (χ4n) is 2.55. The second-order valence-electron chi connectivity index (χ2n) is 6.22. The summed E-state index contributed by atoms with van der Waals surface area (Å²) in [6.45, 7) is 3.79. The summed E-state index contributed by atoms with van der Waals surface area (Å²) in [5, 5.41) is 11.8. The number of carbonyl (C=O) groups is 2. The van der Waals surface area contributed by atoms with Gasteiger partial charge < -0.3 is 19.9 Å². The molecule has 7 heteroatoms. The van der Waals surface area contributed by atoms with E-state index in [0.717, 1.165) is 6.07 Å². The third-order valence-corrected chi connectivity index (χ3v) is 3.70. The van der Waals surface area contributed by atoms with Gasteiger partial charge >= 0.3 is 5.97 Å². The van der Waals surface area contributed by atoms with Gasteiger partial charge in [-0.15, -0.1) is 0 Å². The van der Waals surface area contributed by atoms with Crippen LogP contribution in [0.25, 0.3) is 0 Å². The van der Waals surface area contributed by atoms with Gasteiger partial charge in [-0.2, -0.15) is 0 Å². The van der Waals surface area contributed by atoms with Crippen molar-refractivity contribution in [2.45, 2.75) is 32.4 Å². The molecule has 0 fully saturated rings. The molecule has 0 saturated heterocycles. The van der Waals surface area contributed by atoms with Gasteiger partial charge in [0.25, 0.3) is 0 Å². The second-order valence-corrected chi connectivity index (χ2v) is 6.22. The quantitative estimate of drug-likeness (QED) is 0.741. The van der Waals surface area contributed by atoms with Crippen LogP contribution in [0.2, 0.25) is 0 Å². The first kappa shape index (κ1) is 20.2. The zero-order chi connectivity index (χ0) is 20.0. The lowest BCUT2D eigenvalue weighted by molar-refractivity contribution is -0.142. The second kappa shape index (κ2) is 9.02. The third-order valence-electron chi connectivity index (χ3n) is 3.70. The summed E-state index contributed by atoms with van der Waals surface area (Å²) in [6, 6.07) is 9.40. The Labute approximate surface area is 156 Å². The number of carbonyl (C=O) groups excluding carboxylic acids is 1. The minimum Gasteiger partial charge on any atom is -0.494 e. The number of hydrogen-bond donors (Lipinski definition) is 2. The smallest absolute Gasteiger partial charge is 0.330 e. The maximum absolute atomic E-state index is 13.9. The summed E-state index contributed by atoms with van der Waals surface area (Å²) in [7, 11) is 1.31. The van der Waals surface area contributed by atoms with Gasteiger partial charge in [-0.3, -0.25) is 4.79 Å². The Balaban J connectivity index is 2.11. The lowest BCUT2D eigenvalue weighted by Gasteiger charge is -2.16. The largest absolute Gasteiger partial charge is 0.494 e. The first-order valence-electron chi connectivity index (χ1n) is 8.41. The standard InChI is InChI=1S/C20H22FNO5/c1-12(2)27-15-6-4-5-13(9-15)10-18(23)22-19(20(24)25)14-7-8-17(26-3)16(21)11-14/h4-9,11-12,19H,10H2,1-3H3,(H,22,23)(H,24,25). The molecule has 0 bridgehead atoms. The Morgan fingerprint density at radius 3 is 2.52 bits per heavy atom. The van der Waals surface area contributed by atoms with Gasteiger partial charge in [0.15, 0.2) is 17.6 Å². The maximum Gasteiger partial charge on any atom is 0.330 e. The van der Waals surface area contributed by atoms with Crippen molar-refractivity contribution in [1.82, 2.24) is 5.32 Å². The molecule has 1 atom stereocenters. The molecular weight excluding hydrogens is 353 g/mol. The summed E-state index contributed by atoms with van der Waals surface area (Å²) < 4.78 is 24.3. The predicted molar refractivity (Wildman–Crippen MR) is 97.4 cm³/mol. The number of benzene rings is 2. The van der Waals surface area contributed by atoms with Crippen LogP contribution in [0.5, 0.6) is 11.5 Å². The molecule has 0 spiro atoms. The number of methoxy groups -OCH3 is 1.